The molecule has 3 aromatic carbocycles. The Morgan fingerprint density at radius 1 is 0.643 bits per heavy atom. The van der Waals surface area contributed by atoms with Gasteiger partial charge in [-0.15, -0.1) is 0 Å². The van der Waals surface area contributed by atoms with Crippen molar-refractivity contribution < 1.29 is 42.7 Å². The molecule has 4 aromatic rings. The summed E-state index contributed by atoms with van der Waals surface area (Å²) >= 11 is 0. The molecule has 0 amide bonds. The molecule has 0 fully saturated rings. The Balaban J connectivity index is 1.76. The second-order valence-electron chi connectivity index (χ2n) is 10.3. The predicted molar refractivity (Wildman–Crippen MR) is 155 cm³/mol. The molecule has 0 N–H and O–H groups in total. The first kappa shape index (κ1) is 27.4. The fourth-order valence-electron chi connectivity index (χ4n) is 6.88. The molecule has 218 valence electrons. The minimum atomic E-state index is -1.57. The molecule has 0 unspecified atom stereocenters. The van der Waals surface area contributed by atoms with Crippen molar-refractivity contribution in [1.29, 1.82) is 0 Å². The van der Waals surface area contributed by atoms with Gasteiger partial charge in [0.1, 0.15) is 28.4 Å². The zero-order valence-corrected chi connectivity index (χ0v) is 24.8. The minimum absolute atomic E-state index is 0.115. The van der Waals surface area contributed by atoms with Gasteiger partial charge in [-0.1, -0.05) is 6.07 Å². The molecule has 1 atom stereocenters. The van der Waals surface area contributed by atoms with Gasteiger partial charge in [0.05, 0.1) is 77.1 Å². The maximum absolute atomic E-state index is 14.8. The molecule has 0 bridgehead atoms. The van der Waals surface area contributed by atoms with Crippen LogP contribution in [0.5, 0.6) is 40.4 Å². The van der Waals surface area contributed by atoms with Crippen LogP contribution in [0.4, 0.5) is 0 Å². The number of aromatic nitrogens is 1. The number of hydrogen-bond acceptors (Lipinski definition) is 10. The Morgan fingerprint density at radius 3 is 1.79 bits per heavy atom. The summed E-state index contributed by atoms with van der Waals surface area (Å²) in [5, 5.41) is 2.27. The average Bonchev–Trinajstić information content (AvgIpc) is 3.49. The summed E-state index contributed by atoms with van der Waals surface area (Å²) in [7, 11) is 10.4. The van der Waals surface area contributed by atoms with E-state index in [4.69, 9.17) is 33.2 Å². The van der Waals surface area contributed by atoms with E-state index in [1.807, 2.05) is 19.1 Å². The van der Waals surface area contributed by atoms with Crippen LogP contribution in [0.2, 0.25) is 0 Å². The number of Topliss-reactive ketones (excluding diaryl/α,β-unsaturated/α-hetero) is 2. The number of methoxy groups -OCH3 is 7. The molecule has 0 radical (unpaired) electrons. The highest BCUT2D eigenvalue weighted by Gasteiger charge is 2.61. The molecular formula is C32H31NO9. The third kappa shape index (κ3) is 3.23. The van der Waals surface area contributed by atoms with Crippen molar-refractivity contribution in [2.45, 2.75) is 25.2 Å². The maximum atomic E-state index is 14.8. The Kier molecular flexibility index (Phi) is 6.32. The number of ether oxygens (including phenoxy) is 7. The molecule has 0 aliphatic heterocycles. The summed E-state index contributed by atoms with van der Waals surface area (Å²) in [4.78, 5) is 34.2. The number of rotatable bonds is 7. The standard InChI is InChI=1S/C32H31NO9/c1-14-11-16-12-15-9-10-32(24(15)28(41-7)19(16)31(33-14)42-8)29(34)22-23(30(32)35)27(40-6)21-20(26(22)39-5)17(36-2)13-18(37-3)25(21)38-4/h11-13H,9-10H2,1-8H3/t32-/m1/s1. The Morgan fingerprint density at radius 2 is 1.24 bits per heavy atom. The molecule has 2 aliphatic rings. The summed E-state index contributed by atoms with van der Waals surface area (Å²) in [5.41, 5.74) is 0.799. The third-order valence-electron chi connectivity index (χ3n) is 8.49. The predicted octanol–water partition coefficient (Wildman–Crippen LogP) is 5.02. The van der Waals surface area contributed by atoms with Crippen molar-refractivity contribution >= 4 is 33.1 Å². The Labute approximate surface area is 242 Å². The molecule has 42 heavy (non-hydrogen) atoms. The van der Waals surface area contributed by atoms with Gasteiger partial charge in [-0.3, -0.25) is 9.59 Å². The van der Waals surface area contributed by atoms with Crippen LogP contribution >= 0.6 is 0 Å². The van der Waals surface area contributed by atoms with Gasteiger partial charge in [-0.05, 0) is 36.8 Å². The Bertz CT molecular complexity index is 1840. The van der Waals surface area contributed by atoms with E-state index >= 15 is 0 Å². The van der Waals surface area contributed by atoms with Gasteiger partial charge in [-0.25, -0.2) is 4.98 Å². The summed E-state index contributed by atoms with van der Waals surface area (Å²) in [6, 6.07) is 5.57. The van der Waals surface area contributed by atoms with Crippen LogP contribution in [0.3, 0.4) is 0 Å². The number of ketones is 2. The van der Waals surface area contributed by atoms with Crippen LogP contribution < -0.4 is 33.2 Å². The summed E-state index contributed by atoms with van der Waals surface area (Å²) in [5.74, 6) is 1.35. The molecule has 1 spiro atoms. The van der Waals surface area contributed by atoms with E-state index in [0.717, 1.165) is 16.6 Å². The van der Waals surface area contributed by atoms with Crippen molar-refractivity contribution in [3.05, 3.63) is 46.1 Å². The van der Waals surface area contributed by atoms with Crippen molar-refractivity contribution in [1.82, 2.24) is 4.98 Å². The van der Waals surface area contributed by atoms with E-state index in [2.05, 4.69) is 4.98 Å². The fourth-order valence-corrected chi connectivity index (χ4v) is 6.88. The topological polar surface area (TPSA) is 112 Å². The van der Waals surface area contributed by atoms with Gasteiger partial charge >= 0.3 is 0 Å². The maximum Gasteiger partial charge on any atom is 0.225 e. The van der Waals surface area contributed by atoms with Crippen LogP contribution in [0.15, 0.2) is 18.2 Å². The first-order valence-corrected chi connectivity index (χ1v) is 13.3. The zero-order valence-electron chi connectivity index (χ0n) is 24.8. The highest BCUT2D eigenvalue weighted by atomic mass is 16.5. The smallest absolute Gasteiger partial charge is 0.225 e. The van der Waals surface area contributed by atoms with Crippen molar-refractivity contribution in [3.8, 4) is 40.4 Å². The van der Waals surface area contributed by atoms with Gasteiger partial charge in [0.25, 0.3) is 0 Å². The van der Waals surface area contributed by atoms with E-state index < -0.39 is 17.0 Å². The van der Waals surface area contributed by atoms with Crippen LogP contribution in [-0.4, -0.2) is 66.3 Å². The van der Waals surface area contributed by atoms with E-state index in [1.165, 1.54) is 49.8 Å². The molecule has 2 aliphatic carbocycles. The van der Waals surface area contributed by atoms with Crippen LogP contribution in [-0.2, 0) is 11.8 Å². The summed E-state index contributed by atoms with van der Waals surface area (Å²) < 4.78 is 40.5. The molecule has 10 nitrogen and oxygen atoms in total. The lowest BCUT2D eigenvalue weighted by atomic mass is 9.76. The van der Waals surface area contributed by atoms with Crippen molar-refractivity contribution in [2.24, 2.45) is 0 Å². The normalized spacial score (nSPS) is 17.0. The number of aryl methyl sites for hydroxylation is 2. The number of benzene rings is 3. The lowest BCUT2D eigenvalue weighted by Crippen LogP contribution is -2.36. The van der Waals surface area contributed by atoms with Crippen LogP contribution in [0, 0.1) is 6.92 Å². The van der Waals surface area contributed by atoms with Gasteiger partial charge in [-0.2, -0.15) is 0 Å². The SMILES string of the molecule is COc1cc(OC)c2c(OC)c3c(c(OC)c2c1OC)C(=O)[C@@]1(CCc2cc4cc(C)nc(OC)c4c(OC)c21)C3=O. The average molecular weight is 574 g/mol. The number of fused-ring (bicyclic) bond motifs is 5. The molecule has 6 rings (SSSR count). The van der Waals surface area contributed by atoms with Crippen LogP contribution in [0.25, 0.3) is 21.5 Å². The van der Waals surface area contributed by atoms with E-state index in [-0.39, 0.29) is 29.0 Å². The van der Waals surface area contributed by atoms with Crippen molar-refractivity contribution in [3.63, 3.8) is 0 Å². The summed E-state index contributed by atoms with van der Waals surface area (Å²) in [6.45, 7) is 1.88. The number of carbonyl (C=O) groups excluding carboxylic acids is 2. The molecule has 0 saturated carbocycles. The van der Waals surface area contributed by atoms with E-state index in [1.54, 1.807) is 6.07 Å². The number of carbonyl (C=O) groups is 2. The largest absolute Gasteiger partial charge is 0.496 e. The second-order valence-corrected chi connectivity index (χ2v) is 10.3. The molecule has 0 saturated heterocycles. The Hall–Kier alpha value is -4.73. The van der Waals surface area contributed by atoms with Gasteiger partial charge < -0.3 is 33.2 Å². The molecule has 1 heterocycles. The molecule has 1 aromatic heterocycles. The van der Waals surface area contributed by atoms with E-state index in [9.17, 15) is 9.59 Å². The number of pyridine rings is 1. The quantitative estimate of drug-likeness (QED) is 0.279. The summed E-state index contributed by atoms with van der Waals surface area (Å²) in [6.07, 6.45) is 0.734. The van der Waals surface area contributed by atoms with Gasteiger partial charge in [0, 0.05) is 17.3 Å². The van der Waals surface area contributed by atoms with Crippen LogP contribution in [0.1, 0.15) is 44.0 Å². The van der Waals surface area contributed by atoms with E-state index in [0.29, 0.717) is 57.0 Å². The van der Waals surface area contributed by atoms with Gasteiger partial charge in [0.15, 0.2) is 23.1 Å². The molecule has 10 heteroatoms. The lowest BCUT2D eigenvalue weighted by molar-refractivity contribution is 0.0790. The zero-order chi connectivity index (χ0) is 30.1. The molecular weight excluding hydrogens is 542 g/mol. The highest BCUT2D eigenvalue weighted by Crippen LogP contribution is 2.61. The fraction of sp³-hybridized carbons (Fsp3) is 0.344. The van der Waals surface area contributed by atoms with Gasteiger partial charge in [0.2, 0.25) is 5.88 Å². The monoisotopic (exact) mass is 573 g/mol. The second kappa shape index (κ2) is 9.68. The minimum Gasteiger partial charge on any atom is -0.496 e. The first-order chi connectivity index (χ1) is 20.3. The number of nitrogens with zero attached hydrogens (tertiary/aromatic N) is 1. The first-order valence-electron chi connectivity index (χ1n) is 13.3. The highest BCUT2D eigenvalue weighted by molar-refractivity contribution is 6.38. The number of hydrogen-bond donors (Lipinski definition) is 0. The third-order valence-corrected chi connectivity index (χ3v) is 8.49. The lowest BCUT2D eigenvalue weighted by Gasteiger charge is -2.24. The van der Waals surface area contributed by atoms with Crippen molar-refractivity contribution in [2.75, 3.05) is 49.8 Å².